The van der Waals surface area contributed by atoms with E-state index in [-0.39, 0.29) is 5.69 Å². The zero-order chi connectivity index (χ0) is 9.14. The van der Waals surface area contributed by atoms with Crippen molar-refractivity contribution in [2.24, 2.45) is 0 Å². The fraction of sp³-hybridized carbons (Fsp3) is 0.286. The Labute approximate surface area is 66.0 Å². The summed E-state index contributed by atoms with van der Waals surface area (Å²) in [6, 6.07) is 1.87. The van der Waals surface area contributed by atoms with E-state index in [0.29, 0.717) is 0 Å². The zero-order valence-electron chi connectivity index (χ0n) is 5.90. The molecule has 5 heteroatoms. The zero-order valence-corrected chi connectivity index (χ0v) is 5.90. The van der Waals surface area contributed by atoms with Gasteiger partial charge in [0.1, 0.15) is 6.67 Å². The fourth-order valence-corrected chi connectivity index (χ4v) is 0.720. The molecule has 0 aliphatic carbocycles. The largest absolute Gasteiger partial charge is 0.268 e. The molecule has 1 rings (SSSR count). The quantitative estimate of drug-likeness (QED) is 0.502. The third-order valence-electron chi connectivity index (χ3n) is 1.31. The van der Waals surface area contributed by atoms with Gasteiger partial charge in [-0.25, -0.2) is 18.2 Å². The summed E-state index contributed by atoms with van der Waals surface area (Å²) in [7, 11) is 0. The van der Waals surface area contributed by atoms with E-state index < -0.39 is 24.6 Å². The summed E-state index contributed by atoms with van der Waals surface area (Å²) in [6.45, 7) is -0.958. The lowest BCUT2D eigenvalue weighted by Gasteiger charge is -2.00. The van der Waals surface area contributed by atoms with E-state index in [2.05, 4.69) is 4.98 Å². The minimum absolute atomic E-state index is 0.183. The molecule has 0 aliphatic heterocycles. The summed E-state index contributed by atoms with van der Waals surface area (Å²) < 4.78 is 48.1. The van der Waals surface area contributed by atoms with Crippen LogP contribution in [-0.2, 0) is 6.67 Å². The Morgan fingerprint density at radius 1 is 1.33 bits per heavy atom. The Balaban J connectivity index is 3.03. The van der Waals surface area contributed by atoms with E-state index >= 15 is 0 Å². The van der Waals surface area contributed by atoms with E-state index in [1.165, 1.54) is 0 Å². The number of halogens is 4. The van der Waals surface area contributed by atoms with Crippen molar-refractivity contribution in [1.29, 1.82) is 0 Å². The predicted molar refractivity (Wildman–Crippen MR) is 34.0 cm³/mol. The maximum Gasteiger partial charge on any atom is 0.268 e. The SMILES string of the molecule is FCc1ccc(C(F)F)c(F)n1. The van der Waals surface area contributed by atoms with Crippen LogP contribution in [0.25, 0.3) is 0 Å². The van der Waals surface area contributed by atoms with Crippen LogP contribution in [0.4, 0.5) is 17.6 Å². The molecule has 0 N–H and O–H groups in total. The first-order chi connectivity index (χ1) is 5.65. The number of nitrogens with zero attached hydrogens (tertiary/aromatic N) is 1. The van der Waals surface area contributed by atoms with Crippen LogP contribution in [0, 0.1) is 5.95 Å². The Kier molecular flexibility index (Phi) is 2.62. The molecule has 12 heavy (non-hydrogen) atoms. The molecule has 0 amide bonds. The highest BCUT2D eigenvalue weighted by molar-refractivity contribution is 5.16. The molecular weight excluding hydrogens is 174 g/mol. The van der Waals surface area contributed by atoms with Crippen LogP contribution >= 0.6 is 0 Å². The molecule has 1 heterocycles. The topological polar surface area (TPSA) is 12.9 Å². The van der Waals surface area contributed by atoms with Gasteiger partial charge < -0.3 is 0 Å². The molecule has 0 saturated heterocycles. The number of hydrogen-bond acceptors (Lipinski definition) is 1. The Morgan fingerprint density at radius 2 is 2.00 bits per heavy atom. The van der Waals surface area contributed by atoms with Gasteiger partial charge >= 0.3 is 0 Å². The molecule has 0 aliphatic rings. The van der Waals surface area contributed by atoms with Crippen LogP contribution in [0.3, 0.4) is 0 Å². The number of rotatable bonds is 2. The summed E-state index contributed by atoms with van der Waals surface area (Å²) in [5.74, 6) is -1.31. The fourth-order valence-electron chi connectivity index (χ4n) is 0.720. The monoisotopic (exact) mass is 179 g/mol. The molecule has 0 unspecified atom stereocenters. The third kappa shape index (κ3) is 1.72. The van der Waals surface area contributed by atoms with Crippen molar-refractivity contribution in [3.8, 4) is 0 Å². The normalized spacial score (nSPS) is 10.8. The van der Waals surface area contributed by atoms with Crippen molar-refractivity contribution in [3.63, 3.8) is 0 Å². The maximum absolute atomic E-state index is 12.5. The molecule has 1 aromatic rings. The van der Waals surface area contributed by atoms with Gasteiger partial charge in [0.2, 0.25) is 5.95 Å². The van der Waals surface area contributed by atoms with Crippen LogP contribution in [0.1, 0.15) is 17.7 Å². The van der Waals surface area contributed by atoms with Gasteiger partial charge in [-0.3, -0.25) is 0 Å². The second kappa shape index (κ2) is 3.51. The highest BCUT2D eigenvalue weighted by Gasteiger charge is 2.14. The second-order valence-corrected chi connectivity index (χ2v) is 2.12. The van der Waals surface area contributed by atoms with Gasteiger partial charge in [0.05, 0.1) is 11.3 Å². The Hall–Kier alpha value is -1.13. The summed E-state index contributed by atoms with van der Waals surface area (Å²) >= 11 is 0. The van der Waals surface area contributed by atoms with Gasteiger partial charge in [0.25, 0.3) is 6.43 Å². The molecule has 1 aromatic heterocycles. The van der Waals surface area contributed by atoms with Crippen LogP contribution in [0.5, 0.6) is 0 Å². The van der Waals surface area contributed by atoms with Crippen molar-refractivity contribution in [2.75, 3.05) is 0 Å². The molecular formula is C7H5F4N. The van der Waals surface area contributed by atoms with Crippen molar-refractivity contribution < 1.29 is 17.6 Å². The first kappa shape index (κ1) is 8.96. The van der Waals surface area contributed by atoms with Gasteiger partial charge in [-0.15, -0.1) is 0 Å². The van der Waals surface area contributed by atoms with Gasteiger partial charge in [-0.2, -0.15) is 4.39 Å². The Bertz CT molecular complexity index is 274. The molecule has 0 fully saturated rings. The summed E-state index contributed by atoms with van der Waals surface area (Å²) in [5, 5.41) is 0. The first-order valence-electron chi connectivity index (χ1n) is 3.14. The molecule has 0 spiro atoms. The molecule has 0 saturated carbocycles. The summed E-state index contributed by atoms with van der Waals surface area (Å²) in [4.78, 5) is 2.99. The highest BCUT2D eigenvalue weighted by atomic mass is 19.3. The van der Waals surface area contributed by atoms with E-state index in [0.717, 1.165) is 12.1 Å². The van der Waals surface area contributed by atoms with Crippen molar-refractivity contribution >= 4 is 0 Å². The predicted octanol–water partition coefficient (Wildman–Crippen LogP) is 2.63. The van der Waals surface area contributed by atoms with Gasteiger partial charge in [-0.1, -0.05) is 0 Å². The number of hydrogen-bond donors (Lipinski definition) is 0. The molecule has 0 radical (unpaired) electrons. The molecule has 0 aromatic carbocycles. The van der Waals surface area contributed by atoms with Gasteiger partial charge in [0, 0.05) is 0 Å². The summed E-state index contributed by atoms with van der Waals surface area (Å²) in [5.41, 5.74) is -0.982. The summed E-state index contributed by atoms with van der Waals surface area (Å²) in [6.07, 6.45) is -2.91. The van der Waals surface area contributed by atoms with Crippen LogP contribution in [0.15, 0.2) is 12.1 Å². The van der Waals surface area contributed by atoms with Crippen molar-refractivity contribution in [1.82, 2.24) is 4.98 Å². The lowest BCUT2D eigenvalue weighted by Crippen LogP contribution is -1.97. The lowest BCUT2D eigenvalue weighted by molar-refractivity contribution is 0.145. The average molecular weight is 179 g/mol. The highest BCUT2D eigenvalue weighted by Crippen LogP contribution is 2.20. The third-order valence-corrected chi connectivity index (χ3v) is 1.31. The average Bonchev–Trinajstić information content (AvgIpc) is 2.03. The minimum Gasteiger partial charge on any atom is -0.244 e. The van der Waals surface area contributed by atoms with Crippen LogP contribution in [-0.4, -0.2) is 4.98 Å². The molecule has 0 bridgehead atoms. The Morgan fingerprint density at radius 3 is 2.42 bits per heavy atom. The first-order valence-corrected chi connectivity index (χ1v) is 3.14. The molecule has 66 valence electrons. The van der Waals surface area contributed by atoms with Crippen molar-refractivity contribution in [2.45, 2.75) is 13.1 Å². The van der Waals surface area contributed by atoms with Crippen LogP contribution in [0.2, 0.25) is 0 Å². The van der Waals surface area contributed by atoms with Gasteiger partial charge in [-0.05, 0) is 12.1 Å². The number of pyridine rings is 1. The van der Waals surface area contributed by atoms with Gasteiger partial charge in [0.15, 0.2) is 0 Å². The van der Waals surface area contributed by atoms with Crippen molar-refractivity contribution in [3.05, 3.63) is 29.3 Å². The van der Waals surface area contributed by atoms with E-state index in [4.69, 9.17) is 0 Å². The lowest BCUT2D eigenvalue weighted by atomic mass is 10.2. The molecule has 1 nitrogen and oxygen atoms in total. The standard InChI is InChI=1S/C7H5F4N/c8-3-4-1-2-5(6(9)10)7(11)12-4/h1-2,6H,3H2. The molecule has 0 atom stereocenters. The second-order valence-electron chi connectivity index (χ2n) is 2.12. The number of alkyl halides is 3. The van der Waals surface area contributed by atoms with E-state index in [1.54, 1.807) is 0 Å². The van der Waals surface area contributed by atoms with E-state index in [1.807, 2.05) is 0 Å². The smallest absolute Gasteiger partial charge is 0.244 e. The number of aromatic nitrogens is 1. The maximum atomic E-state index is 12.5. The van der Waals surface area contributed by atoms with E-state index in [9.17, 15) is 17.6 Å². The van der Waals surface area contributed by atoms with Crippen LogP contribution < -0.4 is 0 Å². The minimum atomic E-state index is -2.91.